The summed E-state index contributed by atoms with van der Waals surface area (Å²) < 4.78 is 2.43. The first-order valence-corrected chi connectivity index (χ1v) is 6.44. The molecule has 1 unspecified atom stereocenters. The number of nitrogens with one attached hydrogen (secondary N) is 2. The molecule has 4 nitrogen and oxygen atoms in total. The molecule has 0 saturated heterocycles. The van der Waals surface area contributed by atoms with Gasteiger partial charge >= 0.3 is 0 Å². The van der Waals surface area contributed by atoms with Crippen LogP contribution in [0.5, 0.6) is 0 Å². The van der Waals surface area contributed by atoms with Crippen LogP contribution in [0.25, 0.3) is 11.0 Å². The highest BCUT2D eigenvalue weighted by molar-refractivity contribution is 7.71. The lowest BCUT2D eigenvalue weighted by Crippen LogP contribution is -2.30. The van der Waals surface area contributed by atoms with Crippen molar-refractivity contribution >= 4 is 29.2 Å². The molecule has 18 heavy (non-hydrogen) atoms. The van der Waals surface area contributed by atoms with Crippen molar-refractivity contribution in [2.75, 3.05) is 6.54 Å². The van der Waals surface area contributed by atoms with Crippen LogP contribution in [0.1, 0.15) is 25.5 Å². The molecule has 1 amide bonds. The smallest absolute Gasteiger partial charge is 0.242 e. The number of carbonyl (C=O) groups excluding carboxylic acids is 1. The molecule has 1 aromatic heterocycles. The van der Waals surface area contributed by atoms with Crippen LogP contribution in [0.3, 0.4) is 0 Å². The summed E-state index contributed by atoms with van der Waals surface area (Å²) in [4.78, 5) is 15.1. The van der Waals surface area contributed by atoms with Gasteiger partial charge in [-0.1, -0.05) is 6.07 Å². The van der Waals surface area contributed by atoms with Gasteiger partial charge in [-0.05, 0) is 50.7 Å². The monoisotopic (exact) mass is 263 g/mol. The molecule has 0 aliphatic carbocycles. The van der Waals surface area contributed by atoms with Crippen molar-refractivity contribution in [1.29, 1.82) is 0 Å². The van der Waals surface area contributed by atoms with Crippen molar-refractivity contribution in [2.24, 2.45) is 0 Å². The predicted molar refractivity (Wildman–Crippen MR) is 75.3 cm³/mol. The molecule has 1 aromatic carbocycles. The largest absolute Gasteiger partial charge is 0.355 e. The molecule has 5 heteroatoms. The lowest BCUT2D eigenvalue weighted by Gasteiger charge is -2.13. The molecule has 1 atom stereocenters. The first kappa shape index (κ1) is 12.8. The van der Waals surface area contributed by atoms with Gasteiger partial charge in [0.2, 0.25) is 5.91 Å². The summed E-state index contributed by atoms with van der Waals surface area (Å²) in [5, 5.41) is 2.82. The van der Waals surface area contributed by atoms with E-state index < -0.39 is 0 Å². The third-order valence-corrected chi connectivity index (χ3v) is 3.29. The van der Waals surface area contributed by atoms with Crippen molar-refractivity contribution in [3.05, 3.63) is 28.5 Å². The van der Waals surface area contributed by atoms with E-state index in [1.165, 1.54) is 0 Å². The fourth-order valence-corrected chi connectivity index (χ4v) is 2.44. The number of carbonyl (C=O) groups is 1. The summed E-state index contributed by atoms with van der Waals surface area (Å²) in [5.41, 5.74) is 3.09. The zero-order valence-electron chi connectivity index (χ0n) is 10.8. The first-order chi connectivity index (χ1) is 8.54. The standard InChI is InChI=1S/C13H17N3OS/c1-4-14-12(17)9(3)16-11-6-5-8(2)7-10(11)15-13(16)18/h5-7,9H,4H2,1-3H3,(H,14,17)(H,15,18). The van der Waals surface area contributed by atoms with Crippen LogP contribution >= 0.6 is 12.2 Å². The number of hydrogen-bond acceptors (Lipinski definition) is 2. The topological polar surface area (TPSA) is 49.8 Å². The molecule has 2 rings (SSSR count). The number of aryl methyl sites for hydroxylation is 1. The van der Waals surface area contributed by atoms with Crippen LogP contribution < -0.4 is 5.32 Å². The van der Waals surface area contributed by atoms with Gasteiger partial charge in [0, 0.05) is 6.54 Å². The molecule has 2 N–H and O–H groups in total. The van der Waals surface area contributed by atoms with Crippen LogP contribution in [0.2, 0.25) is 0 Å². The number of aromatic nitrogens is 2. The van der Waals surface area contributed by atoms with Gasteiger partial charge in [0.15, 0.2) is 4.77 Å². The number of H-pyrrole nitrogens is 1. The Hall–Kier alpha value is -1.62. The number of likely N-dealkylation sites (N-methyl/N-ethyl adjacent to an activating group) is 1. The highest BCUT2D eigenvalue weighted by Crippen LogP contribution is 2.20. The third kappa shape index (κ3) is 2.18. The number of rotatable bonds is 3. The Kier molecular flexibility index (Phi) is 3.52. The van der Waals surface area contributed by atoms with E-state index >= 15 is 0 Å². The molecule has 0 spiro atoms. The summed E-state index contributed by atoms with van der Waals surface area (Å²) in [6.07, 6.45) is 0. The third-order valence-electron chi connectivity index (χ3n) is 2.99. The summed E-state index contributed by atoms with van der Waals surface area (Å²) in [6, 6.07) is 5.74. The Morgan fingerprint density at radius 3 is 2.94 bits per heavy atom. The summed E-state index contributed by atoms with van der Waals surface area (Å²) >= 11 is 5.30. The summed E-state index contributed by atoms with van der Waals surface area (Å²) in [7, 11) is 0. The number of aromatic amines is 1. The van der Waals surface area contributed by atoms with Crippen LogP contribution in [0, 0.1) is 11.7 Å². The Labute approximate surface area is 111 Å². The maximum atomic E-state index is 11.9. The average Bonchev–Trinajstić information content (AvgIpc) is 2.63. The number of nitrogens with zero attached hydrogens (tertiary/aromatic N) is 1. The molecule has 2 aromatic rings. The van der Waals surface area contributed by atoms with Crippen LogP contribution in [-0.2, 0) is 4.79 Å². The zero-order chi connectivity index (χ0) is 13.3. The fourth-order valence-electron chi connectivity index (χ4n) is 2.07. The molecule has 0 saturated carbocycles. The van der Waals surface area contributed by atoms with Gasteiger partial charge in [-0.3, -0.25) is 4.79 Å². The van der Waals surface area contributed by atoms with E-state index in [0.29, 0.717) is 11.3 Å². The molecule has 1 heterocycles. The van der Waals surface area contributed by atoms with E-state index in [0.717, 1.165) is 16.6 Å². The number of hydrogen-bond donors (Lipinski definition) is 2. The van der Waals surface area contributed by atoms with Crippen molar-refractivity contribution in [3.63, 3.8) is 0 Å². The van der Waals surface area contributed by atoms with Crippen LogP contribution in [0.4, 0.5) is 0 Å². The van der Waals surface area contributed by atoms with Gasteiger partial charge < -0.3 is 14.9 Å². The highest BCUT2D eigenvalue weighted by Gasteiger charge is 2.17. The van der Waals surface area contributed by atoms with E-state index in [2.05, 4.69) is 10.3 Å². The van der Waals surface area contributed by atoms with Crippen molar-refractivity contribution in [3.8, 4) is 0 Å². The number of fused-ring (bicyclic) bond motifs is 1. The number of imidazole rings is 1. The van der Waals surface area contributed by atoms with Gasteiger partial charge in [0.05, 0.1) is 11.0 Å². The minimum Gasteiger partial charge on any atom is -0.355 e. The van der Waals surface area contributed by atoms with E-state index in [1.807, 2.05) is 43.5 Å². The molecule has 0 radical (unpaired) electrons. The Bertz CT molecular complexity index is 641. The van der Waals surface area contributed by atoms with Gasteiger partial charge in [-0.25, -0.2) is 0 Å². The van der Waals surface area contributed by atoms with Crippen molar-refractivity contribution in [2.45, 2.75) is 26.8 Å². The molecule has 0 bridgehead atoms. The van der Waals surface area contributed by atoms with Gasteiger partial charge in [-0.2, -0.15) is 0 Å². The summed E-state index contributed by atoms with van der Waals surface area (Å²) in [5.74, 6) is -0.0184. The maximum Gasteiger partial charge on any atom is 0.242 e. The van der Waals surface area contributed by atoms with Crippen molar-refractivity contribution < 1.29 is 4.79 Å². The molecule has 0 aliphatic heterocycles. The average molecular weight is 263 g/mol. The second-order valence-corrected chi connectivity index (χ2v) is 4.78. The number of amides is 1. The van der Waals surface area contributed by atoms with Crippen LogP contribution in [-0.4, -0.2) is 22.0 Å². The van der Waals surface area contributed by atoms with Gasteiger partial charge in [0.1, 0.15) is 6.04 Å². The highest BCUT2D eigenvalue weighted by atomic mass is 32.1. The molecule has 0 aliphatic rings. The van der Waals surface area contributed by atoms with E-state index in [1.54, 1.807) is 0 Å². The zero-order valence-corrected chi connectivity index (χ0v) is 11.6. The SMILES string of the molecule is CCNC(=O)C(C)n1c(=S)[nH]c2cc(C)ccc21. The molecule has 0 fully saturated rings. The molecular weight excluding hydrogens is 246 g/mol. The van der Waals surface area contributed by atoms with E-state index in [-0.39, 0.29) is 11.9 Å². The van der Waals surface area contributed by atoms with Gasteiger partial charge in [0.25, 0.3) is 0 Å². The first-order valence-electron chi connectivity index (χ1n) is 6.03. The number of benzene rings is 1. The minimum absolute atomic E-state index is 0.0184. The minimum atomic E-state index is -0.311. The fraction of sp³-hybridized carbons (Fsp3) is 0.385. The Morgan fingerprint density at radius 1 is 1.56 bits per heavy atom. The quantitative estimate of drug-likeness (QED) is 0.837. The molecule has 96 valence electrons. The Balaban J connectivity index is 2.54. The normalized spacial score (nSPS) is 12.6. The maximum absolute atomic E-state index is 11.9. The lowest BCUT2D eigenvalue weighted by molar-refractivity contribution is -0.123. The van der Waals surface area contributed by atoms with E-state index in [9.17, 15) is 4.79 Å². The molecular formula is C13H17N3OS. The Morgan fingerprint density at radius 2 is 2.28 bits per heavy atom. The van der Waals surface area contributed by atoms with E-state index in [4.69, 9.17) is 12.2 Å². The second kappa shape index (κ2) is 4.94. The summed E-state index contributed by atoms with van der Waals surface area (Å²) in [6.45, 7) is 6.41. The van der Waals surface area contributed by atoms with Crippen molar-refractivity contribution in [1.82, 2.24) is 14.9 Å². The predicted octanol–water partition coefficient (Wildman–Crippen LogP) is 2.70. The van der Waals surface area contributed by atoms with Gasteiger partial charge in [-0.15, -0.1) is 0 Å². The van der Waals surface area contributed by atoms with Crippen LogP contribution in [0.15, 0.2) is 18.2 Å². The lowest BCUT2D eigenvalue weighted by atomic mass is 10.2. The second-order valence-electron chi connectivity index (χ2n) is 4.39.